The number of amides is 1. The summed E-state index contributed by atoms with van der Waals surface area (Å²) in [5.41, 5.74) is 5.21. The van der Waals surface area contributed by atoms with Crippen molar-refractivity contribution in [2.24, 2.45) is 5.73 Å². The van der Waals surface area contributed by atoms with Gasteiger partial charge in [0.2, 0.25) is 5.91 Å². The lowest BCUT2D eigenvalue weighted by Crippen LogP contribution is -2.65. The topological polar surface area (TPSA) is 229 Å². The Morgan fingerprint density at radius 2 is 1.63 bits per heavy atom. The van der Waals surface area contributed by atoms with Gasteiger partial charge in [-0.1, -0.05) is 0 Å². The van der Waals surface area contributed by atoms with E-state index in [2.05, 4.69) is 0 Å². The first-order chi connectivity index (χ1) is 12.4. The number of carboxylic acid groups (broad SMARTS) is 2. The molecule has 0 aromatic rings. The number of carboxylic acids is 2. The van der Waals surface area contributed by atoms with Crippen LogP contribution in [0.4, 0.5) is 0 Å². The molecule has 4 atom stereocenters. The second-order valence-corrected chi connectivity index (χ2v) is 5.60. The van der Waals surface area contributed by atoms with Gasteiger partial charge in [-0.25, -0.2) is 9.59 Å². The zero-order valence-electron chi connectivity index (χ0n) is 14.5. The van der Waals surface area contributed by atoms with E-state index in [9.17, 15) is 34.8 Å². The summed E-state index contributed by atoms with van der Waals surface area (Å²) in [4.78, 5) is 33.4. The summed E-state index contributed by atoms with van der Waals surface area (Å²) in [5, 5.41) is 60.8. The highest BCUT2D eigenvalue weighted by molar-refractivity contribution is 5.89. The second kappa shape index (κ2) is 11.1. The monoisotopic (exact) mass is 392 g/mol. The van der Waals surface area contributed by atoms with E-state index in [1.54, 1.807) is 0 Å². The second-order valence-electron chi connectivity index (χ2n) is 5.60. The number of nitrogens with zero attached hydrogens (tertiary/aromatic N) is 2. The predicted molar refractivity (Wildman–Crippen MR) is 89.6 cm³/mol. The number of aliphatic carboxylic acids is 2. The van der Waals surface area contributed by atoms with E-state index in [0.29, 0.717) is 12.2 Å². The normalized spacial score (nSPS) is 24.7. The van der Waals surface area contributed by atoms with Crippen molar-refractivity contribution in [3.8, 4) is 0 Å². The number of nitrogens with two attached hydrogens (primary N) is 1. The molecule has 0 bridgehead atoms. The van der Waals surface area contributed by atoms with Gasteiger partial charge in [0.1, 0.15) is 18.3 Å². The van der Waals surface area contributed by atoms with Gasteiger partial charge in [-0.2, -0.15) is 0 Å². The minimum atomic E-state index is -1.43. The number of nitrogens with one attached hydrogen (secondary N) is 1. The molecule has 0 aromatic carbocycles. The minimum absolute atomic E-state index is 0.200. The molecule has 27 heavy (non-hydrogen) atoms. The van der Waals surface area contributed by atoms with Gasteiger partial charge in [0.15, 0.2) is 5.96 Å². The van der Waals surface area contributed by atoms with Crippen molar-refractivity contribution in [2.45, 2.75) is 24.4 Å². The number of rotatable bonds is 5. The number of aliphatic hydroxyl groups is 4. The van der Waals surface area contributed by atoms with Crippen molar-refractivity contribution in [3.05, 3.63) is 12.2 Å². The largest absolute Gasteiger partial charge is 0.478 e. The SMILES string of the molecule is CN(CC(=O)N1C[C@@H](O)[C@@H](O)[C@H](O)[C@H]1CO)C(=N)N.O=C(O)/C=C/C(=O)O. The summed E-state index contributed by atoms with van der Waals surface area (Å²) in [6, 6.07) is -0.994. The molecule has 9 N–H and O–H groups in total. The van der Waals surface area contributed by atoms with Crippen LogP contribution in [-0.4, -0.2) is 115 Å². The first-order valence-corrected chi connectivity index (χ1v) is 7.55. The van der Waals surface area contributed by atoms with Gasteiger partial charge in [0.05, 0.1) is 19.2 Å². The van der Waals surface area contributed by atoms with Crippen LogP contribution in [0.15, 0.2) is 12.2 Å². The molecule has 13 nitrogen and oxygen atoms in total. The van der Waals surface area contributed by atoms with E-state index < -0.39 is 48.8 Å². The fraction of sp³-hybridized carbons (Fsp3) is 0.571. The van der Waals surface area contributed by atoms with Gasteiger partial charge in [0, 0.05) is 25.7 Å². The molecule has 1 fully saturated rings. The summed E-state index contributed by atoms with van der Waals surface area (Å²) >= 11 is 0. The smallest absolute Gasteiger partial charge is 0.328 e. The van der Waals surface area contributed by atoms with Crippen molar-refractivity contribution in [3.63, 3.8) is 0 Å². The number of likely N-dealkylation sites (N-methyl/N-ethyl adjacent to an activating group) is 1. The van der Waals surface area contributed by atoms with Crippen LogP contribution in [0.2, 0.25) is 0 Å². The molecular formula is C14H24N4O9. The Balaban J connectivity index is 0.000000713. The highest BCUT2D eigenvalue weighted by Gasteiger charge is 2.43. The molecule has 1 heterocycles. The Labute approximate surface area is 154 Å². The maximum atomic E-state index is 12.0. The minimum Gasteiger partial charge on any atom is -0.478 e. The van der Waals surface area contributed by atoms with Crippen LogP contribution in [0.1, 0.15) is 0 Å². The fourth-order valence-electron chi connectivity index (χ4n) is 2.10. The third kappa shape index (κ3) is 8.00. The van der Waals surface area contributed by atoms with E-state index in [4.69, 9.17) is 21.4 Å². The molecule has 1 amide bonds. The molecule has 1 aliphatic heterocycles. The number of carbonyl (C=O) groups excluding carboxylic acids is 1. The fourth-order valence-corrected chi connectivity index (χ4v) is 2.10. The number of carbonyl (C=O) groups is 3. The maximum absolute atomic E-state index is 12.0. The average molecular weight is 392 g/mol. The highest BCUT2D eigenvalue weighted by Crippen LogP contribution is 2.19. The van der Waals surface area contributed by atoms with Crippen molar-refractivity contribution < 1.29 is 45.0 Å². The van der Waals surface area contributed by atoms with Gasteiger partial charge in [-0.05, 0) is 0 Å². The van der Waals surface area contributed by atoms with Crippen molar-refractivity contribution >= 4 is 23.8 Å². The van der Waals surface area contributed by atoms with Crippen molar-refractivity contribution in [1.29, 1.82) is 5.41 Å². The van der Waals surface area contributed by atoms with Crippen LogP contribution >= 0.6 is 0 Å². The van der Waals surface area contributed by atoms with E-state index in [1.807, 2.05) is 0 Å². The number of hydrogen-bond acceptors (Lipinski definition) is 8. The molecular weight excluding hydrogens is 368 g/mol. The van der Waals surface area contributed by atoms with Crippen molar-refractivity contribution in [2.75, 3.05) is 26.7 Å². The first-order valence-electron chi connectivity index (χ1n) is 7.55. The van der Waals surface area contributed by atoms with Crippen molar-refractivity contribution in [1.82, 2.24) is 9.80 Å². The zero-order chi connectivity index (χ0) is 21.3. The van der Waals surface area contributed by atoms with Crippen LogP contribution < -0.4 is 5.73 Å². The summed E-state index contributed by atoms with van der Waals surface area (Å²) in [6.07, 6.45) is -3.01. The van der Waals surface area contributed by atoms with Crippen LogP contribution in [0.5, 0.6) is 0 Å². The lowest BCUT2D eigenvalue weighted by Gasteiger charge is -2.43. The number of piperidine rings is 1. The number of guanidine groups is 1. The van der Waals surface area contributed by atoms with E-state index in [0.717, 1.165) is 4.90 Å². The molecule has 1 rings (SSSR count). The van der Waals surface area contributed by atoms with Gasteiger partial charge >= 0.3 is 11.9 Å². The lowest BCUT2D eigenvalue weighted by molar-refractivity contribution is -0.166. The Hall–Kier alpha value is -2.74. The third-order valence-corrected chi connectivity index (χ3v) is 3.58. The Bertz CT molecular complexity index is 567. The Morgan fingerprint density at radius 3 is 2.00 bits per heavy atom. The molecule has 0 saturated carbocycles. The van der Waals surface area contributed by atoms with E-state index >= 15 is 0 Å². The lowest BCUT2D eigenvalue weighted by atomic mass is 9.94. The molecule has 0 spiro atoms. The van der Waals surface area contributed by atoms with Gasteiger partial charge in [-0.15, -0.1) is 0 Å². The Kier molecular flexibility index (Phi) is 9.95. The number of hydrogen-bond donors (Lipinski definition) is 8. The highest BCUT2D eigenvalue weighted by atomic mass is 16.4. The van der Waals surface area contributed by atoms with Crippen LogP contribution in [0.25, 0.3) is 0 Å². The predicted octanol–water partition coefficient (Wildman–Crippen LogP) is -4.19. The summed E-state index contributed by atoms with van der Waals surface area (Å²) in [7, 11) is 1.44. The maximum Gasteiger partial charge on any atom is 0.328 e. The first kappa shape index (κ1) is 24.3. The average Bonchev–Trinajstić information content (AvgIpc) is 2.57. The zero-order valence-corrected chi connectivity index (χ0v) is 14.5. The summed E-state index contributed by atoms with van der Waals surface area (Å²) in [6.45, 7) is -0.962. The molecule has 0 unspecified atom stereocenters. The number of β-amino-alcohol motifs (C(OH)–C–C–N with tert-alkyl or cyclic N) is 1. The summed E-state index contributed by atoms with van der Waals surface area (Å²) in [5.74, 6) is -3.33. The molecule has 0 aliphatic carbocycles. The molecule has 154 valence electrons. The quantitative estimate of drug-likeness (QED) is 0.127. The Morgan fingerprint density at radius 1 is 1.15 bits per heavy atom. The number of aliphatic hydroxyl groups excluding tert-OH is 4. The number of likely N-dealkylation sites (tertiary alicyclic amines) is 1. The molecule has 0 radical (unpaired) electrons. The van der Waals surface area contributed by atoms with E-state index in [-0.39, 0.29) is 19.0 Å². The molecule has 13 heteroatoms. The van der Waals surface area contributed by atoms with E-state index in [1.165, 1.54) is 11.9 Å². The molecule has 0 aromatic heterocycles. The van der Waals surface area contributed by atoms with Crippen LogP contribution in [0.3, 0.4) is 0 Å². The third-order valence-electron chi connectivity index (χ3n) is 3.58. The van der Waals surface area contributed by atoms with Crippen LogP contribution in [-0.2, 0) is 14.4 Å². The summed E-state index contributed by atoms with van der Waals surface area (Å²) < 4.78 is 0. The van der Waals surface area contributed by atoms with Gasteiger partial charge < -0.3 is 46.2 Å². The van der Waals surface area contributed by atoms with Gasteiger partial charge in [-0.3, -0.25) is 10.2 Å². The molecule has 1 saturated heterocycles. The van der Waals surface area contributed by atoms with Crippen LogP contribution in [0, 0.1) is 5.41 Å². The van der Waals surface area contributed by atoms with Gasteiger partial charge in [0.25, 0.3) is 0 Å². The molecule has 1 aliphatic rings. The standard InChI is InChI=1S/C10H20N4O5.C4H4O4/c1-13(10(11)12)3-7(17)14-2-6(16)9(19)8(18)5(14)4-15;5-3(6)1-2-4(7)8/h5-6,8-9,15-16,18-19H,2-4H2,1H3,(H3,11,12);1-2H,(H,5,6)(H,7,8)/b;2-1+/t5-,6-,8-,9-;/m1./s1.